The molecule has 126 valence electrons. The Morgan fingerprint density at radius 1 is 1.25 bits per heavy atom. The van der Waals surface area contributed by atoms with E-state index in [4.69, 9.17) is 4.74 Å². The molecule has 5 nitrogen and oxygen atoms in total. The van der Waals surface area contributed by atoms with Crippen molar-refractivity contribution in [2.45, 2.75) is 18.5 Å². The normalized spacial score (nSPS) is 20.2. The molecule has 1 N–H and O–H groups in total. The number of hydrogen-bond acceptors (Lipinski definition) is 5. The molecule has 2 aromatic heterocycles. The third kappa shape index (κ3) is 4.63. The van der Waals surface area contributed by atoms with Crippen LogP contribution in [0, 0.1) is 0 Å². The highest BCUT2D eigenvalue weighted by atomic mass is 16.5. The lowest BCUT2D eigenvalue weighted by atomic mass is 9.99. The first-order valence-electron chi connectivity index (χ1n) is 8.36. The number of likely N-dealkylation sites (N-methyl/N-ethyl adjacent to an activating group) is 1. The minimum Gasteiger partial charge on any atom is -0.490 e. The number of pyridine rings is 2. The molecule has 1 fully saturated rings. The van der Waals surface area contributed by atoms with Crippen LogP contribution >= 0.6 is 0 Å². The number of nitrogens with one attached hydrogen (secondary N) is 1. The molecule has 1 aliphatic rings. The topological polar surface area (TPSA) is 50.3 Å². The van der Waals surface area contributed by atoms with E-state index in [9.17, 15) is 0 Å². The van der Waals surface area contributed by atoms with Gasteiger partial charge in [0.05, 0.1) is 12.2 Å². The van der Waals surface area contributed by atoms with Gasteiger partial charge in [-0.15, -0.1) is 0 Å². The van der Waals surface area contributed by atoms with E-state index in [1.165, 1.54) is 0 Å². The van der Waals surface area contributed by atoms with Gasteiger partial charge in [0, 0.05) is 37.7 Å². The Labute approximate surface area is 143 Å². The molecular formula is C19H24N4O. The van der Waals surface area contributed by atoms with Crippen LogP contribution < -0.4 is 10.1 Å². The average Bonchev–Trinajstić information content (AvgIpc) is 2.60. The van der Waals surface area contributed by atoms with Crippen molar-refractivity contribution < 1.29 is 4.74 Å². The van der Waals surface area contributed by atoms with Crippen LogP contribution in [0.4, 0.5) is 0 Å². The van der Waals surface area contributed by atoms with Crippen LogP contribution in [0.3, 0.4) is 0 Å². The summed E-state index contributed by atoms with van der Waals surface area (Å²) in [4.78, 5) is 10.6. The summed E-state index contributed by atoms with van der Waals surface area (Å²) in [6.45, 7) is 2.72. The second kappa shape index (κ2) is 8.57. The maximum absolute atomic E-state index is 5.80. The molecule has 2 aromatic rings. The van der Waals surface area contributed by atoms with Crippen LogP contribution in [0.2, 0.25) is 0 Å². The van der Waals surface area contributed by atoms with Gasteiger partial charge in [-0.05, 0) is 37.2 Å². The Bertz CT molecular complexity index is 632. The van der Waals surface area contributed by atoms with Crippen LogP contribution in [-0.2, 0) is 0 Å². The summed E-state index contributed by atoms with van der Waals surface area (Å²) in [6.07, 6.45) is 12.5. The Balaban J connectivity index is 1.39. The van der Waals surface area contributed by atoms with E-state index in [0.29, 0.717) is 18.7 Å². The molecule has 3 heterocycles. The molecule has 24 heavy (non-hydrogen) atoms. The van der Waals surface area contributed by atoms with Gasteiger partial charge in [-0.3, -0.25) is 9.97 Å². The molecule has 0 amide bonds. The van der Waals surface area contributed by atoms with Gasteiger partial charge in [-0.1, -0.05) is 18.2 Å². The summed E-state index contributed by atoms with van der Waals surface area (Å²) in [7, 11) is 2.18. The first kappa shape index (κ1) is 16.6. The summed E-state index contributed by atoms with van der Waals surface area (Å²) in [5.74, 6) is 0.826. The van der Waals surface area contributed by atoms with Crippen LogP contribution in [0.25, 0.3) is 6.08 Å². The van der Waals surface area contributed by atoms with Gasteiger partial charge in [0.2, 0.25) is 0 Å². The fourth-order valence-corrected chi connectivity index (χ4v) is 2.78. The van der Waals surface area contributed by atoms with Crippen molar-refractivity contribution in [1.29, 1.82) is 0 Å². The van der Waals surface area contributed by atoms with E-state index in [0.717, 1.165) is 30.8 Å². The van der Waals surface area contributed by atoms with Gasteiger partial charge in [0.25, 0.3) is 0 Å². The van der Waals surface area contributed by atoms with Crippen molar-refractivity contribution in [1.82, 2.24) is 20.2 Å². The van der Waals surface area contributed by atoms with Gasteiger partial charge >= 0.3 is 0 Å². The minimum absolute atomic E-state index is 0.373. The molecule has 0 aromatic carbocycles. The molecular weight excluding hydrogens is 300 g/mol. The largest absolute Gasteiger partial charge is 0.490 e. The Kier molecular flexibility index (Phi) is 5.93. The number of nitrogens with zero attached hydrogens (tertiary/aromatic N) is 3. The van der Waals surface area contributed by atoms with Crippen LogP contribution in [0.15, 0.2) is 55.1 Å². The van der Waals surface area contributed by atoms with Gasteiger partial charge in [0.15, 0.2) is 0 Å². The highest BCUT2D eigenvalue weighted by Crippen LogP contribution is 2.15. The summed E-state index contributed by atoms with van der Waals surface area (Å²) < 4.78 is 5.80. The summed E-state index contributed by atoms with van der Waals surface area (Å²) in [5, 5.41) is 3.45. The third-order valence-corrected chi connectivity index (χ3v) is 4.33. The van der Waals surface area contributed by atoms with Crippen molar-refractivity contribution in [3.05, 3.63) is 60.7 Å². The lowest BCUT2D eigenvalue weighted by molar-refractivity contribution is 0.0879. The minimum atomic E-state index is 0.373. The van der Waals surface area contributed by atoms with Gasteiger partial charge in [-0.2, -0.15) is 0 Å². The average molecular weight is 324 g/mol. The Hall–Kier alpha value is -2.24. The predicted molar refractivity (Wildman–Crippen MR) is 95.8 cm³/mol. The molecule has 0 aliphatic carbocycles. The van der Waals surface area contributed by atoms with E-state index in [-0.39, 0.29) is 0 Å². The van der Waals surface area contributed by atoms with Crippen LogP contribution in [0.5, 0.6) is 5.75 Å². The van der Waals surface area contributed by atoms with Gasteiger partial charge in [0.1, 0.15) is 12.4 Å². The van der Waals surface area contributed by atoms with Crippen molar-refractivity contribution >= 4 is 6.08 Å². The fraction of sp³-hybridized carbons (Fsp3) is 0.368. The van der Waals surface area contributed by atoms with E-state index in [2.05, 4.69) is 45.5 Å². The smallest absolute Gasteiger partial charge is 0.137 e. The van der Waals surface area contributed by atoms with E-state index in [1.54, 1.807) is 18.6 Å². The quantitative estimate of drug-likeness (QED) is 0.807. The van der Waals surface area contributed by atoms with Crippen LogP contribution in [0.1, 0.15) is 12.0 Å². The van der Waals surface area contributed by atoms with Crippen molar-refractivity contribution in [3.8, 4) is 5.75 Å². The molecule has 2 atom stereocenters. The molecule has 3 rings (SSSR count). The first-order chi connectivity index (χ1) is 11.8. The standard InChI is InChI=1S/C19H24N4O/c1-23(11-3-2-6-16-7-4-9-20-12-16)19-14-22-18(19)15-24-17-8-5-10-21-13-17/h2,4-10,12-13,18-19,22H,3,11,14-15H2,1H3/b6-2+/t18-,19?/m1/s1. The third-order valence-electron chi connectivity index (χ3n) is 4.33. The van der Waals surface area contributed by atoms with Crippen molar-refractivity contribution in [2.24, 2.45) is 0 Å². The number of hydrogen-bond donors (Lipinski definition) is 1. The lowest BCUT2D eigenvalue weighted by Gasteiger charge is -2.43. The number of aromatic nitrogens is 2. The lowest BCUT2D eigenvalue weighted by Crippen LogP contribution is -2.66. The summed E-state index contributed by atoms with van der Waals surface area (Å²) in [5.41, 5.74) is 1.15. The number of ether oxygens (including phenoxy) is 1. The van der Waals surface area contributed by atoms with Crippen molar-refractivity contribution in [2.75, 3.05) is 26.7 Å². The Morgan fingerprint density at radius 3 is 2.75 bits per heavy atom. The maximum atomic E-state index is 5.80. The zero-order chi connectivity index (χ0) is 16.6. The first-order valence-corrected chi connectivity index (χ1v) is 8.36. The highest BCUT2D eigenvalue weighted by molar-refractivity contribution is 5.47. The molecule has 0 radical (unpaired) electrons. The van der Waals surface area contributed by atoms with Crippen molar-refractivity contribution in [3.63, 3.8) is 0 Å². The molecule has 0 saturated carbocycles. The fourth-order valence-electron chi connectivity index (χ4n) is 2.78. The second-order valence-corrected chi connectivity index (χ2v) is 6.04. The molecule has 5 heteroatoms. The SMILES string of the molecule is CN(CC/C=C/c1cccnc1)C1CN[C@@H]1COc1cccnc1. The maximum Gasteiger partial charge on any atom is 0.137 e. The van der Waals surface area contributed by atoms with Gasteiger partial charge < -0.3 is 15.0 Å². The van der Waals surface area contributed by atoms with E-state index < -0.39 is 0 Å². The molecule has 1 unspecified atom stereocenters. The van der Waals surface area contributed by atoms with Gasteiger partial charge in [-0.25, -0.2) is 0 Å². The second-order valence-electron chi connectivity index (χ2n) is 6.04. The highest BCUT2D eigenvalue weighted by Gasteiger charge is 2.33. The number of rotatable bonds is 8. The van der Waals surface area contributed by atoms with Crippen LogP contribution in [-0.4, -0.2) is 53.7 Å². The zero-order valence-corrected chi connectivity index (χ0v) is 14.0. The zero-order valence-electron chi connectivity index (χ0n) is 14.0. The molecule has 0 bridgehead atoms. The van der Waals surface area contributed by atoms with E-state index >= 15 is 0 Å². The predicted octanol–water partition coefficient (Wildman–Crippen LogP) is 2.23. The molecule has 1 saturated heterocycles. The monoisotopic (exact) mass is 324 g/mol. The summed E-state index contributed by atoms with van der Waals surface area (Å²) in [6, 6.07) is 8.74. The molecule has 1 aliphatic heterocycles. The summed E-state index contributed by atoms with van der Waals surface area (Å²) >= 11 is 0. The Morgan fingerprint density at radius 2 is 2.08 bits per heavy atom. The van der Waals surface area contributed by atoms with E-state index in [1.807, 2.05) is 24.4 Å². The molecule has 0 spiro atoms.